The lowest BCUT2D eigenvalue weighted by Gasteiger charge is -2.32. The van der Waals surface area contributed by atoms with E-state index in [1.165, 1.54) is 11.1 Å². The molecule has 14 nitrogen and oxygen atoms in total. The van der Waals surface area contributed by atoms with Gasteiger partial charge in [-0.3, -0.25) is 0 Å². The van der Waals surface area contributed by atoms with Gasteiger partial charge in [-0.2, -0.15) is 0 Å². The third-order valence-corrected chi connectivity index (χ3v) is 21.8. The first-order valence-electron chi connectivity index (χ1n) is 38.3. The summed E-state index contributed by atoms with van der Waals surface area (Å²) in [6.45, 7) is 8.30. The van der Waals surface area contributed by atoms with Crippen LogP contribution in [0.25, 0.3) is 190 Å². The van der Waals surface area contributed by atoms with E-state index in [1.54, 1.807) is 0 Å². The minimum absolute atomic E-state index is 0.388. The Hall–Kier alpha value is -14.2. The van der Waals surface area contributed by atoms with Crippen LogP contribution in [0.15, 0.2) is 365 Å². The van der Waals surface area contributed by atoms with Gasteiger partial charge in [0.15, 0.2) is 34.9 Å². The zero-order valence-electron chi connectivity index (χ0n) is 63.5. The summed E-state index contributed by atoms with van der Waals surface area (Å²) in [7, 11) is -0.406. The Kier molecular flexibility index (Phi) is 19.1. The molecule has 0 saturated carbocycles. The summed E-state index contributed by atoms with van der Waals surface area (Å²) in [5, 5.41) is 1.93. The second-order valence-electron chi connectivity index (χ2n) is 29.5. The van der Waals surface area contributed by atoms with Crippen LogP contribution in [0, 0.1) is 0 Å². The van der Waals surface area contributed by atoms with E-state index in [9.17, 15) is 0 Å². The second kappa shape index (κ2) is 30.7. The fourth-order valence-electron chi connectivity index (χ4n) is 14.4. The maximum atomic E-state index is 6.30. The van der Waals surface area contributed by atoms with Gasteiger partial charge in [-0.15, -0.1) is 0 Å². The largest absolute Gasteiger partial charge is 0.494 e. The Balaban J connectivity index is 0.000000128. The highest BCUT2D eigenvalue weighted by molar-refractivity contribution is 9.10. The van der Waals surface area contributed by atoms with E-state index >= 15 is 0 Å². The number of fused-ring (bicyclic) bond motifs is 8. The summed E-state index contributed by atoms with van der Waals surface area (Å²) >= 11 is 3.46. The molecule has 16 heteroatoms. The maximum absolute atomic E-state index is 6.30. The number of benzene rings is 14. The molecular weight excluding hydrogens is 1500 g/mol. The molecule has 0 aliphatic carbocycles. The van der Waals surface area contributed by atoms with Crippen molar-refractivity contribution in [3.8, 4) is 124 Å². The van der Waals surface area contributed by atoms with E-state index in [2.05, 4.69) is 260 Å². The summed E-state index contributed by atoms with van der Waals surface area (Å²) < 4.78 is 25.4. The van der Waals surface area contributed by atoms with Gasteiger partial charge in [-0.05, 0) is 149 Å². The number of nitrogens with zero attached hydrogens (tertiary/aromatic N) is 10. The highest BCUT2D eigenvalue weighted by Gasteiger charge is 2.51. The van der Waals surface area contributed by atoms with Crippen molar-refractivity contribution in [3.63, 3.8) is 0 Å². The quantitative estimate of drug-likeness (QED) is 0.106. The van der Waals surface area contributed by atoms with Crippen LogP contribution in [0.3, 0.4) is 0 Å². The molecule has 6 aromatic heterocycles. The number of furan rings is 2. The van der Waals surface area contributed by atoms with Gasteiger partial charge in [0.05, 0.1) is 33.3 Å². The monoisotopic (exact) mass is 1560 g/mol. The molecule has 0 radical (unpaired) electrons. The van der Waals surface area contributed by atoms with Gasteiger partial charge in [0, 0.05) is 48.6 Å². The zero-order valence-corrected chi connectivity index (χ0v) is 65.1. The van der Waals surface area contributed by atoms with Crippen molar-refractivity contribution in [3.05, 3.63) is 356 Å². The molecule has 1 fully saturated rings. The Morgan fingerprint density at radius 2 is 0.500 bits per heavy atom. The lowest BCUT2D eigenvalue weighted by Crippen LogP contribution is -2.41. The smallest absolute Gasteiger partial charge is 0.436 e. The minimum Gasteiger partial charge on any atom is -0.436 e. The fourth-order valence-corrected chi connectivity index (χ4v) is 14.7. The van der Waals surface area contributed by atoms with Gasteiger partial charge in [-0.25, -0.2) is 49.8 Å². The lowest BCUT2D eigenvalue weighted by atomic mass is 9.78. The van der Waals surface area contributed by atoms with Gasteiger partial charge in [0.2, 0.25) is 11.4 Å². The Morgan fingerprint density at radius 3 is 0.897 bits per heavy atom. The number of rotatable bonds is 12. The third-order valence-electron chi connectivity index (χ3n) is 21.3. The molecule has 0 unspecified atom stereocenters. The van der Waals surface area contributed by atoms with Crippen molar-refractivity contribution >= 4 is 95.0 Å². The predicted octanol–water partition coefficient (Wildman–Crippen LogP) is 24.5. The van der Waals surface area contributed by atoms with Gasteiger partial charge in [0.25, 0.3) is 0 Å². The normalized spacial score (nSPS) is 12.9. The van der Waals surface area contributed by atoms with Crippen molar-refractivity contribution in [2.75, 3.05) is 0 Å². The molecular formula is C100H70BBrN10O4. The van der Waals surface area contributed by atoms with Crippen LogP contribution in [0.2, 0.25) is 0 Å². The summed E-state index contributed by atoms with van der Waals surface area (Å²) in [5.41, 5.74) is 24.7. The summed E-state index contributed by atoms with van der Waals surface area (Å²) in [6, 6.07) is 119. The van der Waals surface area contributed by atoms with Crippen LogP contribution in [-0.2, 0) is 9.31 Å². The first kappa shape index (κ1) is 72.1. The minimum atomic E-state index is -0.406. The van der Waals surface area contributed by atoms with Crippen LogP contribution >= 0.6 is 15.9 Å². The van der Waals surface area contributed by atoms with Crippen LogP contribution in [-0.4, -0.2) is 68.2 Å². The number of aromatic nitrogens is 10. The summed E-state index contributed by atoms with van der Waals surface area (Å²) in [6.07, 6.45) is 0. The van der Waals surface area contributed by atoms with Crippen LogP contribution in [0.5, 0.6) is 0 Å². The zero-order chi connectivity index (χ0) is 78.3. The fraction of sp³-hybridized carbons (Fsp3) is 0.0600. The van der Waals surface area contributed by atoms with Crippen LogP contribution in [0.4, 0.5) is 0 Å². The van der Waals surface area contributed by atoms with Gasteiger partial charge < -0.3 is 18.1 Å². The molecule has 0 bridgehead atoms. The van der Waals surface area contributed by atoms with E-state index in [0.717, 1.165) is 143 Å². The van der Waals surface area contributed by atoms with Crippen molar-refractivity contribution < 1.29 is 18.1 Å². The molecule has 0 N–H and O–H groups in total. The Labute approximate surface area is 677 Å². The maximum Gasteiger partial charge on any atom is 0.494 e. The molecule has 116 heavy (non-hydrogen) atoms. The summed E-state index contributed by atoms with van der Waals surface area (Å²) in [4.78, 5) is 48.3. The molecule has 0 spiro atoms. The van der Waals surface area contributed by atoms with E-state index in [0.29, 0.717) is 46.4 Å². The average Bonchev–Trinajstić information content (AvgIpc) is 1.56. The SMILES string of the molecule is Brc1ccc2oc3nc4ccccc4nc3c2c1.CC1(C)OB(c2cccc(-c3ccc(-c4nc(-c5ccccc5)nc(-c5ccc(-c6ccccc6)cc5)n4)cc3)c2)OC1(C)C.c1ccc(-c2ccc(-c3nc(-c4ccccc4)nc(-c4ccc(-c5cccc(-c6ccc7oc8nc9ccccc9nc8c7c6)c5)cc4)n3)cc2)cc1. The summed E-state index contributed by atoms with van der Waals surface area (Å²) in [5.74, 6) is 3.80. The molecule has 1 saturated heterocycles. The molecule has 0 amide bonds. The topological polar surface area (TPSA) is 174 Å². The second-order valence-corrected chi connectivity index (χ2v) is 30.4. The van der Waals surface area contributed by atoms with Gasteiger partial charge in [-0.1, -0.05) is 307 Å². The van der Waals surface area contributed by atoms with Crippen molar-refractivity contribution in [1.29, 1.82) is 0 Å². The molecule has 7 heterocycles. The first-order chi connectivity index (χ1) is 56.8. The lowest BCUT2D eigenvalue weighted by molar-refractivity contribution is 0.00578. The van der Waals surface area contributed by atoms with Crippen LogP contribution < -0.4 is 5.46 Å². The highest BCUT2D eigenvalue weighted by atomic mass is 79.9. The molecule has 1 aliphatic heterocycles. The number of para-hydroxylation sites is 4. The standard InChI is InChI=1S/C47H29N5O.C39H34BN3O2.C14H7BrN2O/c1-3-10-30(11-4-1)31-18-22-34(23-19-31)45-50-44(33-12-5-2-6-13-33)51-46(52-45)35-24-20-32(21-25-35)36-14-9-15-37(28-36)38-26-27-42-39(29-38)43-47(53-42)49-41-17-8-7-16-40(41)48-43;1-38(2)39(3,4)45-40(44-38)34-17-11-16-33(26-34)29-20-24-32(25-21-29)37-42-35(30-14-9-6-10-15-30)41-36(43-37)31-22-18-28(19-23-31)27-12-7-5-8-13-27;15-8-5-6-12-9(7-8)13-14(18-12)17-11-4-2-1-3-10(11)16-13/h1-29H;5-26H,1-4H3;1-7H. The van der Waals surface area contributed by atoms with Gasteiger partial charge >= 0.3 is 7.12 Å². The molecule has 14 aromatic carbocycles. The third kappa shape index (κ3) is 14.8. The number of hydrogen-bond donors (Lipinski definition) is 0. The molecule has 1 aliphatic rings. The molecule has 20 aromatic rings. The van der Waals surface area contributed by atoms with E-state index in [-0.39, 0.29) is 11.2 Å². The Morgan fingerprint density at radius 1 is 0.233 bits per heavy atom. The highest BCUT2D eigenvalue weighted by Crippen LogP contribution is 2.40. The van der Waals surface area contributed by atoms with Crippen molar-refractivity contribution in [2.24, 2.45) is 0 Å². The number of halogens is 1. The average molecular weight is 1570 g/mol. The number of hydrogen-bond acceptors (Lipinski definition) is 14. The molecule has 0 atom stereocenters. The Bertz CT molecular complexity index is 7010. The molecule has 21 rings (SSSR count). The van der Waals surface area contributed by atoms with Crippen LogP contribution in [0.1, 0.15) is 27.7 Å². The predicted molar refractivity (Wildman–Crippen MR) is 470 cm³/mol. The van der Waals surface area contributed by atoms with Gasteiger partial charge in [0.1, 0.15) is 22.2 Å². The van der Waals surface area contributed by atoms with Crippen molar-refractivity contribution in [1.82, 2.24) is 49.8 Å². The molecule has 554 valence electrons. The van der Waals surface area contributed by atoms with E-state index in [1.807, 2.05) is 146 Å². The van der Waals surface area contributed by atoms with Crippen molar-refractivity contribution in [2.45, 2.75) is 38.9 Å². The van der Waals surface area contributed by atoms with E-state index in [4.69, 9.17) is 58.0 Å². The first-order valence-corrected chi connectivity index (χ1v) is 39.1. The van der Waals surface area contributed by atoms with E-state index < -0.39 is 7.12 Å².